The van der Waals surface area contributed by atoms with Crippen LogP contribution in [-0.4, -0.2) is 88.9 Å². The molecule has 3 aliphatic rings. The molecule has 3 atom stereocenters. The number of carbonyl (C=O) groups is 2. The fourth-order valence-electron chi connectivity index (χ4n) is 7.16. The van der Waals surface area contributed by atoms with E-state index in [0.29, 0.717) is 65.9 Å². The lowest BCUT2D eigenvalue weighted by atomic mass is 10.00. The van der Waals surface area contributed by atoms with Crippen LogP contribution in [0.15, 0.2) is 65.8 Å². The number of carbonyl (C=O) groups excluding carboxylic acids is 2. The van der Waals surface area contributed by atoms with E-state index in [-0.39, 0.29) is 23.7 Å². The first kappa shape index (κ1) is 31.2. The molecule has 9 nitrogen and oxygen atoms in total. The van der Waals surface area contributed by atoms with E-state index in [1.165, 1.54) is 0 Å². The number of oxime groups is 1. The molecule has 3 N–H and O–H groups in total. The summed E-state index contributed by atoms with van der Waals surface area (Å²) in [6.45, 7) is 7.76. The molecule has 236 valence electrons. The molecule has 0 aliphatic carbocycles. The molecule has 45 heavy (non-hydrogen) atoms. The normalized spacial score (nSPS) is 21.9. The summed E-state index contributed by atoms with van der Waals surface area (Å²) >= 11 is 12.6. The molecule has 3 aromatic carbocycles. The Morgan fingerprint density at radius 3 is 2.27 bits per heavy atom. The third-order valence-corrected chi connectivity index (χ3v) is 10.1. The van der Waals surface area contributed by atoms with Gasteiger partial charge in [0, 0.05) is 74.6 Å². The van der Waals surface area contributed by atoms with Crippen molar-refractivity contribution in [1.29, 1.82) is 0 Å². The minimum absolute atomic E-state index is 0.0313. The van der Waals surface area contributed by atoms with Gasteiger partial charge < -0.3 is 25.6 Å². The molecule has 3 heterocycles. The van der Waals surface area contributed by atoms with Crippen LogP contribution in [0.1, 0.15) is 51.5 Å². The average molecular weight is 650 g/mol. The average Bonchev–Trinajstić information content (AvgIpc) is 3.65. The first-order valence-electron chi connectivity index (χ1n) is 15.3. The zero-order valence-electron chi connectivity index (χ0n) is 25.5. The molecule has 0 saturated carbocycles. The van der Waals surface area contributed by atoms with Crippen molar-refractivity contribution >= 4 is 46.5 Å². The van der Waals surface area contributed by atoms with E-state index in [2.05, 4.69) is 21.0 Å². The number of rotatable bonds is 7. The molecule has 3 unspecified atom stereocenters. The molecule has 3 aromatic rings. The van der Waals surface area contributed by atoms with Gasteiger partial charge in [0.05, 0.1) is 16.1 Å². The summed E-state index contributed by atoms with van der Waals surface area (Å²) in [6, 6.07) is 19.5. The number of amides is 2. The van der Waals surface area contributed by atoms with Crippen molar-refractivity contribution in [3.8, 4) is 0 Å². The van der Waals surface area contributed by atoms with Gasteiger partial charge in [0.1, 0.15) is 0 Å². The summed E-state index contributed by atoms with van der Waals surface area (Å²) in [5.74, 6) is 0.135. The van der Waals surface area contributed by atoms with Crippen LogP contribution in [0.4, 0.5) is 5.69 Å². The summed E-state index contributed by atoms with van der Waals surface area (Å²) in [4.78, 5) is 36.0. The first-order valence-corrected chi connectivity index (χ1v) is 16.1. The minimum Gasteiger partial charge on any atom is -0.409 e. The van der Waals surface area contributed by atoms with Crippen LogP contribution >= 0.6 is 23.2 Å². The van der Waals surface area contributed by atoms with Crippen molar-refractivity contribution < 1.29 is 14.8 Å². The topological polar surface area (TPSA) is 106 Å². The Kier molecular flexibility index (Phi) is 8.95. The Labute approximate surface area is 273 Å². The Morgan fingerprint density at radius 1 is 0.889 bits per heavy atom. The smallest absolute Gasteiger partial charge is 0.254 e. The second-order valence-electron chi connectivity index (χ2n) is 12.4. The number of hydrogen-bond acceptors (Lipinski definition) is 6. The monoisotopic (exact) mass is 648 g/mol. The van der Waals surface area contributed by atoms with Gasteiger partial charge in [-0.3, -0.25) is 14.5 Å². The van der Waals surface area contributed by atoms with Gasteiger partial charge in [0.15, 0.2) is 5.84 Å². The van der Waals surface area contributed by atoms with Crippen molar-refractivity contribution in [1.82, 2.24) is 14.7 Å². The number of hydrogen-bond donors (Lipinski definition) is 2. The predicted octanol–water partition coefficient (Wildman–Crippen LogP) is 5.08. The van der Waals surface area contributed by atoms with Crippen molar-refractivity contribution in [3.63, 3.8) is 0 Å². The highest BCUT2D eigenvalue weighted by atomic mass is 35.5. The predicted molar refractivity (Wildman–Crippen MR) is 177 cm³/mol. The fraction of sp³-hybridized carbons (Fsp3) is 0.382. The number of piperazine rings is 2. The van der Waals surface area contributed by atoms with Crippen molar-refractivity contribution in [2.45, 2.75) is 44.8 Å². The molecule has 0 radical (unpaired) electrons. The van der Waals surface area contributed by atoms with E-state index in [4.69, 9.17) is 34.1 Å². The number of fused-ring (bicyclic) bond motifs is 2. The minimum atomic E-state index is -0.325. The van der Waals surface area contributed by atoms with Crippen LogP contribution in [0.5, 0.6) is 0 Å². The third kappa shape index (κ3) is 6.48. The van der Waals surface area contributed by atoms with Gasteiger partial charge in [-0.1, -0.05) is 51.6 Å². The molecule has 0 aromatic heterocycles. The highest BCUT2D eigenvalue weighted by Gasteiger charge is 2.43. The van der Waals surface area contributed by atoms with Crippen molar-refractivity contribution in [2.75, 3.05) is 44.2 Å². The van der Waals surface area contributed by atoms with Gasteiger partial charge in [-0.25, -0.2) is 0 Å². The number of likely N-dealkylation sites (tertiary alicyclic amines) is 1. The Balaban J connectivity index is 1.11. The summed E-state index contributed by atoms with van der Waals surface area (Å²) in [5, 5.41) is 12.9. The Bertz CT molecular complexity index is 1610. The second-order valence-corrected chi connectivity index (χ2v) is 13.2. The zero-order chi connectivity index (χ0) is 31.8. The van der Waals surface area contributed by atoms with Crippen LogP contribution in [-0.2, 0) is 4.79 Å². The number of amidine groups is 1. The van der Waals surface area contributed by atoms with Gasteiger partial charge in [-0.2, -0.15) is 0 Å². The third-order valence-electron chi connectivity index (χ3n) is 9.35. The van der Waals surface area contributed by atoms with Crippen LogP contribution in [0.3, 0.4) is 0 Å². The number of anilines is 1. The van der Waals surface area contributed by atoms with Crippen LogP contribution in [0.2, 0.25) is 10.0 Å². The molecule has 2 amide bonds. The lowest BCUT2D eigenvalue weighted by Gasteiger charge is -2.42. The molecule has 3 saturated heterocycles. The SMILES string of the molecule is Cc1cc(C)cc(C(=O)N2CCN(C(=O)CCN3CC4CC3CN4c3ccc(/C(N)=N/O)cc3)C(c3ccc(Cl)c(Cl)c3)C2)c1. The highest BCUT2D eigenvalue weighted by molar-refractivity contribution is 6.42. The van der Waals surface area contributed by atoms with Crippen LogP contribution < -0.4 is 10.6 Å². The zero-order valence-corrected chi connectivity index (χ0v) is 27.0. The lowest BCUT2D eigenvalue weighted by Crippen LogP contribution is -2.53. The quantitative estimate of drug-likeness (QED) is 0.160. The molecular weight excluding hydrogens is 611 g/mol. The highest BCUT2D eigenvalue weighted by Crippen LogP contribution is 2.36. The molecule has 2 bridgehead atoms. The molecular formula is C34H38Cl2N6O3. The van der Waals surface area contributed by atoms with E-state index in [1.807, 2.05) is 72.2 Å². The van der Waals surface area contributed by atoms with Crippen molar-refractivity contribution in [3.05, 3.63) is 98.5 Å². The van der Waals surface area contributed by atoms with Crippen molar-refractivity contribution in [2.24, 2.45) is 10.9 Å². The van der Waals surface area contributed by atoms with E-state index in [9.17, 15) is 9.59 Å². The Morgan fingerprint density at radius 2 is 1.62 bits per heavy atom. The number of halogens is 2. The maximum Gasteiger partial charge on any atom is 0.254 e. The molecule has 0 spiro atoms. The molecule has 3 fully saturated rings. The Hall–Kier alpha value is -3.79. The van der Waals surface area contributed by atoms with Gasteiger partial charge in [0.2, 0.25) is 5.91 Å². The number of nitrogens with two attached hydrogens (primary N) is 1. The van der Waals surface area contributed by atoms with Crippen LogP contribution in [0.25, 0.3) is 0 Å². The van der Waals surface area contributed by atoms with Crippen LogP contribution in [0, 0.1) is 13.8 Å². The van der Waals surface area contributed by atoms with Gasteiger partial charge in [-0.05, 0) is 74.4 Å². The first-order chi connectivity index (χ1) is 21.6. The fourth-order valence-corrected chi connectivity index (χ4v) is 7.46. The summed E-state index contributed by atoms with van der Waals surface area (Å²) < 4.78 is 0. The van der Waals surface area contributed by atoms with Gasteiger partial charge >= 0.3 is 0 Å². The standard InChI is InChI=1S/C34H38Cl2N6O3/c1-21-13-22(2)15-25(14-21)34(44)40-11-12-41(31(20-40)24-5-8-29(35)30(36)16-24)32(43)9-10-39-18-28-17-27(39)19-42(28)26-6-3-23(4-7-26)33(37)38-45/h3-8,13-16,27-28,31,45H,9-12,17-20H2,1-2H3,(H2,37,38). The number of benzene rings is 3. The van der Waals surface area contributed by atoms with E-state index < -0.39 is 0 Å². The molecule has 11 heteroatoms. The summed E-state index contributed by atoms with van der Waals surface area (Å²) in [5.41, 5.74) is 11.1. The van der Waals surface area contributed by atoms with Gasteiger partial charge in [0.25, 0.3) is 5.91 Å². The van der Waals surface area contributed by atoms with E-state index >= 15 is 0 Å². The molecule has 3 aliphatic heterocycles. The summed E-state index contributed by atoms with van der Waals surface area (Å²) in [7, 11) is 0. The second kappa shape index (κ2) is 12.9. The summed E-state index contributed by atoms with van der Waals surface area (Å²) in [6.07, 6.45) is 1.46. The lowest BCUT2D eigenvalue weighted by molar-refractivity contribution is -0.136. The maximum absolute atomic E-state index is 13.8. The number of nitrogens with zero attached hydrogens (tertiary/aromatic N) is 5. The van der Waals surface area contributed by atoms with E-state index in [0.717, 1.165) is 41.9 Å². The maximum atomic E-state index is 13.8. The van der Waals surface area contributed by atoms with Gasteiger partial charge in [-0.15, -0.1) is 0 Å². The largest absolute Gasteiger partial charge is 0.409 e. The molecule has 6 rings (SSSR count). The number of aryl methyl sites for hydroxylation is 2. The van der Waals surface area contributed by atoms with E-state index in [1.54, 1.807) is 6.07 Å².